The number of hydrogen-bond donors (Lipinski definition) is 0. The van der Waals surface area contributed by atoms with Crippen LogP contribution in [0.2, 0.25) is 0 Å². The van der Waals surface area contributed by atoms with Crippen LogP contribution >= 0.6 is 0 Å². The van der Waals surface area contributed by atoms with E-state index in [0.717, 1.165) is 18.8 Å². The van der Waals surface area contributed by atoms with E-state index >= 15 is 0 Å². The van der Waals surface area contributed by atoms with Crippen LogP contribution in [-0.2, 0) is 10.3 Å². The molecule has 1 heterocycles. The summed E-state index contributed by atoms with van der Waals surface area (Å²) in [5, 5.41) is 0. The zero-order valence-electron chi connectivity index (χ0n) is 8.04. The Morgan fingerprint density at radius 2 is 2.00 bits per heavy atom. The van der Waals surface area contributed by atoms with Gasteiger partial charge in [-0.25, -0.2) is 0 Å². The third kappa shape index (κ3) is 1.42. The molecule has 1 aromatic carbocycles. The quantitative estimate of drug-likeness (QED) is 0.662. The van der Waals surface area contributed by atoms with Gasteiger partial charge in [0.15, 0.2) is 0 Å². The molecule has 0 amide bonds. The van der Waals surface area contributed by atoms with E-state index in [0.29, 0.717) is 0 Å². The van der Waals surface area contributed by atoms with Gasteiger partial charge in [-0.15, -0.1) is 0 Å². The predicted molar refractivity (Wildman–Crippen MR) is 50.9 cm³/mol. The van der Waals surface area contributed by atoms with E-state index in [1.807, 2.05) is 12.1 Å². The Morgan fingerprint density at radius 1 is 1.38 bits per heavy atom. The summed E-state index contributed by atoms with van der Waals surface area (Å²) in [4.78, 5) is 0. The normalized spacial score (nSPS) is 25.7. The SMILES string of the molecule is CCC1(c2ccc(OC)cc2)CO1. The summed E-state index contributed by atoms with van der Waals surface area (Å²) in [7, 11) is 1.68. The Morgan fingerprint density at radius 3 is 2.38 bits per heavy atom. The van der Waals surface area contributed by atoms with Gasteiger partial charge in [0, 0.05) is 0 Å². The van der Waals surface area contributed by atoms with Crippen molar-refractivity contribution in [3.63, 3.8) is 0 Å². The molecule has 2 heteroatoms. The lowest BCUT2D eigenvalue weighted by atomic mass is 9.97. The number of hydrogen-bond acceptors (Lipinski definition) is 2. The monoisotopic (exact) mass is 178 g/mol. The maximum atomic E-state index is 5.46. The molecule has 0 N–H and O–H groups in total. The standard InChI is InChI=1S/C11H14O2/c1-3-11(8-13-11)9-4-6-10(12-2)7-5-9/h4-7H,3,8H2,1-2H3. The number of methoxy groups -OCH3 is 1. The molecule has 13 heavy (non-hydrogen) atoms. The lowest BCUT2D eigenvalue weighted by Crippen LogP contribution is -2.05. The molecule has 1 aliphatic rings. The highest BCUT2D eigenvalue weighted by Gasteiger charge is 2.44. The fraction of sp³-hybridized carbons (Fsp3) is 0.455. The summed E-state index contributed by atoms with van der Waals surface area (Å²) in [6.07, 6.45) is 1.04. The van der Waals surface area contributed by atoms with Crippen molar-refractivity contribution in [1.82, 2.24) is 0 Å². The lowest BCUT2D eigenvalue weighted by molar-refractivity contribution is 0.300. The van der Waals surface area contributed by atoms with Crippen molar-refractivity contribution in [2.75, 3.05) is 13.7 Å². The Kier molecular flexibility index (Phi) is 2.00. The van der Waals surface area contributed by atoms with Gasteiger partial charge in [-0.1, -0.05) is 19.1 Å². The number of benzene rings is 1. The van der Waals surface area contributed by atoms with Crippen LogP contribution in [0.4, 0.5) is 0 Å². The largest absolute Gasteiger partial charge is 0.497 e. The van der Waals surface area contributed by atoms with E-state index in [9.17, 15) is 0 Å². The molecular formula is C11H14O2. The number of epoxide rings is 1. The van der Waals surface area contributed by atoms with E-state index in [1.165, 1.54) is 5.56 Å². The van der Waals surface area contributed by atoms with E-state index < -0.39 is 0 Å². The van der Waals surface area contributed by atoms with Gasteiger partial charge in [0.05, 0.1) is 13.7 Å². The Balaban J connectivity index is 2.23. The molecule has 2 nitrogen and oxygen atoms in total. The highest BCUT2D eigenvalue weighted by Crippen LogP contribution is 2.41. The van der Waals surface area contributed by atoms with Gasteiger partial charge in [0.2, 0.25) is 0 Å². The Hall–Kier alpha value is -1.02. The first kappa shape index (κ1) is 8.57. The zero-order chi connectivity index (χ0) is 9.31. The third-order valence-electron chi connectivity index (χ3n) is 2.68. The molecule has 0 bridgehead atoms. The first-order valence-corrected chi connectivity index (χ1v) is 4.59. The molecule has 1 atom stereocenters. The van der Waals surface area contributed by atoms with Gasteiger partial charge in [-0.2, -0.15) is 0 Å². The van der Waals surface area contributed by atoms with Gasteiger partial charge in [-0.3, -0.25) is 0 Å². The van der Waals surface area contributed by atoms with E-state index in [-0.39, 0.29) is 5.60 Å². The molecule has 0 aliphatic carbocycles. The molecule has 1 aromatic rings. The predicted octanol–water partition coefficient (Wildman–Crippen LogP) is 2.33. The number of ether oxygens (including phenoxy) is 2. The first-order chi connectivity index (χ1) is 6.30. The average Bonchev–Trinajstić information content (AvgIpc) is 2.99. The molecule has 1 aliphatic heterocycles. The van der Waals surface area contributed by atoms with Crippen molar-refractivity contribution in [3.8, 4) is 5.75 Å². The topological polar surface area (TPSA) is 21.8 Å². The molecule has 0 radical (unpaired) electrons. The minimum atomic E-state index is 0.0201. The summed E-state index contributed by atoms with van der Waals surface area (Å²) in [5.41, 5.74) is 1.28. The fourth-order valence-corrected chi connectivity index (χ4v) is 1.56. The molecule has 2 rings (SSSR count). The molecule has 0 aromatic heterocycles. The van der Waals surface area contributed by atoms with Crippen LogP contribution in [0.15, 0.2) is 24.3 Å². The smallest absolute Gasteiger partial charge is 0.118 e. The summed E-state index contributed by atoms with van der Waals surface area (Å²) in [6.45, 7) is 3.01. The molecule has 0 saturated carbocycles. The van der Waals surface area contributed by atoms with Crippen LogP contribution in [0.5, 0.6) is 5.75 Å². The van der Waals surface area contributed by atoms with Crippen molar-refractivity contribution in [1.29, 1.82) is 0 Å². The van der Waals surface area contributed by atoms with Crippen molar-refractivity contribution < 1.29 is 9.47 Å². The van der Waals surface area contributed by atoms with Crippen molar-refractivity contribution in [3.05, 3.63) is 29.8 Å². The Bertz CT molecular complexity index is 285. The van der Waals surface area contributed by atoms with E-state index in [1.54, 1.807) is 7.11 Å². The van der Waals surface area contributed by atoms with Crippen molar-refractivity contribution >= 4 is 0 Å². The molecule has 1 saturated heterocycles. The minimum absolute atomic E-state index is 0.0201. The van der Waals surface area contributed by atoms with Gasteiger partial charge >= 0.3 is 0 Å². The fourth-order valence-electron chi connectivity index (χ4n) is 1.56. The molecule has 0 spiro atoms. The number of rotatable bonds is 3. The first-order valence-electron chi connectivity index (χ1n) is 4.59. The summed E-state index contributed by atoms with van der Waals surface area (Å²) < 4.78 is 10.6. The maximum Gasteiger partial charge on any atom is 0.118 e. The summed E-state index contributed by atoms with van der Waals surface area (Å²) >= 11 is 0. The molecule has 1 unspecified atom stereocenters. The van der Waals surface area contributed by atoms with Gasteiger partial charge < -0.3 is 9.47 Å². The maximum absolute atomic E-state index is 5.46. The second kappa shape index (κ2) is 3.04. The summed E-state index contributed by atoms with van der Waals surface area (Å²) in [5.74, 6) is 0.899. The third-order valence-corrected chi connectivity index (χ3v) is 2.68. The lowest BCUT2D eigenvalue weighted by Gasteiger charge is -2.09. The molecule has 70 valence electrons. The van der Waals surface area contributed by atoms with Crippen LogP contribution in [-0.4, -0.2) is 13.7 Å². The van der Waals surface area contributed by atoms with E-state index in [4.69, 9.17) is 9.47 Å². The van der Waals surface area contributed by atoms with Crippen LogP contribution in [0, 0.1) is 0 Å². The molecule has 1 fully saturated rings. The van der Waals surface area contributed by atoms with Crippen LogP contribution in [0.25, 0.3) is 0 Å². The van der Waals surface area contributed by atoms with Crippen molar-refractivity contribution in [2.45, 2.75) is 18.9 Å². The Labute approximate surface area is 78.5 Å². The van der Waals surface area contributed by atoms with E-state index in [2.05, 4.69) is 19.1 Å². The molecular weight excluding hydrogens is 164 g/mol. The van der Waals surface area contributed by atoms with Crippen LogP contribution in [0.3, 0.4) is 0 Å². The second-order valence-electron chi connectivity index (χ2n) is 3.37. The highest BCUT2D eigenvalue weighted by molar-refractivity contribution is 5.33. The minimum Gasteiger partial charge on any atom is -0.497 e. The second-order valence-corrected chi connectivity index (χ2v) is 3.37. The van der Waals surface area contributed by atoms with Gasteiger partial charge in [0.25, 0.3) is 0 Å². The van der Waals surface area contributed by atoms with Crippen LogP contribution < -0.4 is 4.74 Å². The van der Waals surface area contributed by atoms with Gasteiger partial charge in [0.1, 0.15) is 11.4 Å². The average molecular weight is 178 g/mol. The zero-order valence-corrected chi connectivity index (χ0v) is 8.04. The van der Waals surface area contributed by atoms with Crippen LogP contribution in [0.1, 0.15) is 18.9 Å². The van der Waals surface area contributed by atoms with Crippen molar-refractivity contribution in [2.24, 2.45) is 0 Å². The highest BCUT2D eigenvalue weighted by atomic mass is 16.6. The summed E-state index contributed by atoms with van der Waals surface area (Å²) in [6, 6.07) is 8.12. The van der Waals surface area contributed by atoms with Gasteiger partial charge in [-0.05, 0) is 24.1 Å².